The number of carbonyl (C=O) groups is 1. The summed E-state index contributed by atoms with van der Waals surface area (Å²) in [4.78, 5) is 12.3. The van der Waals surface area contributed by atoms with Gasteiger partial charge in [-0.3, -0.25) is 4.79 Å². The summed E-state index contributed by atoms with van der Waals surface area (Å²) in [6, 6.07) is 15.0. The van der Waals surface area contributed by atoms with Gasteiger partial charge in [-0.1, -0.05) is 41.9 Å². The van der Waals surface area contributed by atoms with Gasteiger partial charge in [0.15, 0.2) is 0 Å². The normalized spacial score (nSPS) is 11.2. The second kappa shape index (κ2) is 6.03. The quantitative estimate of drug-likeness (QED) is 0.583. The first kappa shape index (κ1) is 14.4. The molecule has 5 heteroatoms. The molecule has 4 nitrogen and oxygen atoms in total. The van der Waals surface area contributed by atoms with Crippen LogP contribution in [-0.2, 0) is 7.05 Å². The van der Waals surface area contributed by atoms with E-state index in [9.17, 15) is 4.79 Å². The van der Waals surface area contributed by atoms with Gasteiger partial charge in [0.05, 0.1) is 11.8 Å². The van der Waals surface area contributed by atoms with Crippen molar-refractivity contribution in [1.29, 1.82) is 0 Å². The number of benzene rings is 2. The van der Waals surface area contributed by atoms with Gasteiger partial charge in [-0.05, 0) is 23.8 Å². The number of para-hydroxylation sites is 1. The van der Waals surface area contributed by atoms with E-state index in [1.807, 2.05) is 48.0 Å². The fraction of sp³-hybridized carbons (Fsp3) is 0.0588. The molecular formula is C17H14ClN3O. The molecule has 1 amide bonds. The maximum absolute atomic E-state index is 12.3. The summed E-state index contributed by atoms with van der Waals surface area (Å²) in [5.74, 6) is -0.234. The second-order valence-electron chi connectivity index (χ2n) is 4.92. The van der Waals surface area contributed by atoms with Gasteiger partial charge >= 0.3 is 0 Å². The van der Waals surface area contributed by atoms with Crippen LogP contribution < -0.4 is 5.43 Å². The summed E-state index contributed by atoms with van der Waals surface area (Å²) < 4.78 is 1.92. The average molecular weight is 312 g/mol. The molecule has 0 aliphatic rings. The highest BCUT2D eigenvalue weighted by Gasteiger charge is 2.12. The lowest BCUT2D eigenvalue weighted by atomic mass is 10.2. The summed E-state index contributed by atoms with van der Waals surface area (Å²) in [7, 11) is 1.91. The van der Waals surface area contributed by atoms with Crippen LogP contribution in [0.2, 0.25) is 5.02 Å². The standard InChI is InChI=1S/C17H14ClN3O/c1-21-11-15(14-4-2-3-5-16(14)21)17(22)20-19-10-12-6-8-13(18)9-7-12/h2-11H,1H3,(H,20,22)/b19-10+. The fourth-order valence-electron chi connectivity index (χ4n) is 2.30. The number of fused-ring (bicyclic) bond motifs is 1. The molecule has 2 aromatic carbocycles. The summed E-state index contributed by atoms with van der Waals surface area (Å²) in [5.41, 5.74) is 5.03. The number of nitrogens with one attached hydrogen (secondary N) is 1. The van der Waals surface area contributed by atoms with Crippen molar-refractivity contribution >= 4 is 34.6 Å². The van der Waals surface area contributed by atoms with Crippen LogP contribution in [0, 0.1) is 0 Å². The Labute approximate surface area is 133 Å². The number of rotatable bonds is 3. The number of aryl methyl sites for hydroxylation is 1. The van der Waals surface area contributed by atoms with Gasteiger partial charge < -0.3 is 4.57 Å². The molecule has 1 N–H and O–H groups in total. The third kappa shape index (κ3) is 2.87. The molecule has 3 rings (SSSR count). The van der Waals surface area contributed by atoms with Crippen molar-refractivity contribution in [2.45, 2.75) is 0 Å². The van der Waals surface area contributed by atoms with Gasteiger partial charge in [0.1, 0.15) is 0 Å². The molecule has 0 atom stereocenters. The molecule has 0 radical (unpaired) electrons. The summed E-state index contributed by atoms with van der Waals surface area (Å²) in [5, 5.41) is 5.56. The summed E-state index contributed by atoms with van der Waals surface area (Å²) in [6.45, 7) is 0. The topological polar surface area (TPSA) is 46.4 Å². The lowest BCUT2D eigenvalue weighted by Crippen LogP contribution is -2.17. The number of aromatic nitrogens is 1. The van der Waals surface area contributed by atoms with E-state index in [1.54, 1.807) is 24.5 Å². The van der Waals surface area contributed by atoms with Gasteiger partial charge in [-0.2, -0.15) is 5.10 Å². The molecule has 3 aromatic rings. The van der Waals surface area contributed by atoms with Crippen LogP contribution in [0.3, 0.4) is 0 Å². The van der Waals surface area contributed by atoms with Crippen molar-refractivity contribution in [3.8, 4) is 0 Å². The Kier molecular flexibility index (Phi) is 3.94. The van der Waals surface area contributed by atoms with Crippen LogP contribution in [0.5, 0.6) is 0 Å². The first-order chi connectivity index (χ1) is 10.6. The molecule has 110 valence electrons. The van der Waals surface area contributed by atoms with Crippen LogP contribution in [0.15, 0.2) is 59.8 Å². The molecule has 1 heterocycles. The van der Waals surface area contributed by atoms with Gasteiger partial charge in [-0.25, -0.2) is 5.43 Å². The Bertz CT molecular complexity index is 850. The van der Waals surface area contributed by atoms with Gasteiger partial charge in [0.25, 0.3) is 5.91 Å². The molecule has 0 aliphatic heterocycles. The summed E-state index contributed by atoms with van der Waals surface area (Å²) in [6.07, 6.45) is 3.39. The van der Waals surface area contributed by atoms with Crippen molar-refractivity contribution in [3.63, 3.8) is 0 Å². The molecule has 0 spiro atoms. The molecular weight excluding hydrogens is 298 g/mol. The van der Waals surface area contributed by atoms with Crippen molar-refractivity contribution in [3.05, 3.63) is 70.9 Å². The minimum Gasteiger partial charge on any atom is -0.350 e. The minimum absolute atomic E-state index is 0.234. The highest BCUT2D eigenvalue weighted by Crippen LogP contribution is 2.20. The number of hydrogen-bond donors (Lipinski definition) is 1. The van der Waals surface area contributed by atoms with Crippen LogP contribution >= 0.6 is 11.6 Å². The Hall–Kier alpha value is -2.59. The van der Waals surface area contributed by atoms with E-state index in [4.69, 9.17) is 11.6 Å². The van der Waals surface area contributed by atoms with E-state index >= 15 is 0 Å². The van der Waals surface area contributed by atoms with E-state index < -0.39 is 0 Å². The third-order valence-corrected chi connectivity index (χ3v) is 3.64. The molecule has 0 aliphatic carbocycles. The van der Waals surface area contributed by atoms with Gasteiger partial charge in [0.2, 0.25) is 0 Å². The summed E-state index contributed by atoms with van der Waals surface area (Å²) >= 11 is 5.82. The molecule has 1 aromatic heterocycles. The highest BCUT2D eigenvalue weighted by molar-refractivity contribution is 6.30. The molecule has 0 saturated carbocycles. The first-order valence-electron chi connectivity index (χ1n) is 6.78. The van der Waals surface area contributed by atoms with Crippen molar-refractivity contribution in [1.82, 2.24) is 9.99 Å². The number of hydrogen-bond acceptors (Lipinski definition) is 2. The van der Waals surface area contributed by atoms with E-state index in [2.05, 4.69) is 10.5 Å². The lowest BCUT2D eigenvalue weighted by Gasteiger charge is -1.98. The van der Waals surface area contributed by atoms with Gasteiger partial charge in [-0.15, -0.1) is 0 Å². The van der Waals surface area contributed by atoms with Crippen molar-refractivity contribution < 1.29 is 4.79 Å². The van der Waals surface area contributed by atoms with E-state index in [1.165, 1.54) is 0 Å². The van der Waals surface area contributed by atoms with E-state index in [0.29, 0.717) is 10.6 Å². The van der Waals surface area contributed by atoms with Crippen LogP contribution in [0.4, 0.5) is 0 Å². The molecule has 0 fully saturated rings. The molecule has 0 bridgehead atoms. The molecule has 22 heavy (non-hydrogen) atoms. The second-order valence-corrected chi connectivity index (χ2v) is 5.36. The number of halogens is 1. The third-order valence-electron chi connectivity index (χ3n) is 3.39. The zero-order chi connectivity index (χ0) is 15.5. The lowest BCUT2D eigenvalue weighted by molar-refractivity contribution is 0.0956. The van der Waals surface area contributed by atoms with E-state index in [0.717, 1.165) is 16.5 Å². The first-order valence-corrected chi connectivity index (χ1v) is 7.16. The number of nitrogens with zero attached hydrogens (tertiary/aromatic N) is 2. The Morgan fingerprint density at radius 1 is 1.18 bits per heavy atom. The smallest absolute Gasteiger partial charge is 0.273 e. The zero-order valence-corrected chi connectivity index (χ0v) is 12.7. The predicted molar refractivity (Wildman–Crippen MR) is 89.4 cm³/mol. The number of hydrazone groups is 1. The maximum Gasteiger partial charge on any atom is 0.273 e. The maximum atomic E-state index is 12.3. The van der Waals surface area contributed by atoms with E-state index in [-0.39, 0.29) is 5.91 Å². The largest absolute Gasteiger partial charge is 0.350 e. The molecule has 0 unspecified atom stereocenters. The van der Waals surface area contributed by atoms with Gasteiger partial charge in [0, 0.05) is 29.2 Å². The Morgan fingerprint density at radius 2 is 1.91 bits per heavy atom. The van der Waals surface area contributed by atoms with Crippen LogP contribution in [-0.4, -0.2) is 16.7 Å². The molecule has 0 saturated heterocycles. The van der Waals surface area contributed by atoms with Crippen LogP contribution in [0.1, 0.15) is 15.9 Å². The Balaban J connectivity index is 1.78. The predicted octanol–water partition coefficient (Wildman–Crippen LogP) is 3.60. The SMILES string of the molecule is Cn1cc(C(=O)N/N=C/c2ccc(Cl)cc2)c2ccccc21. The minimum atomic E-state index is -0.234. The number of carbonyl (C=O) groups excluding carboxylic acids is 1. The van der Waals surface area contributed by atoms with Crippen LogP contribution in [0.25, 0.3) is 10.9 Å². The fourth-order valence-corrected chi connectivity index (χ4v) is 2.42. The number of amides is 1. The average Bonchev–Trinajstić information content (AvgIpc) is 2.87. The monoisotopic (exact) mass is 311 g/mol. The highest BCUT2D eigenvalue weighted by atomic mass is 35.5. The zero-order valence-electron chi connectivity index (χ0n) is 12.0. The Morgan fingerprint density at radius 3 is 2.68 bits per heavy atom. The van der Waals surface area contributed by atoms with Crippen molar-refractivity contribution in [2.75, 3.05) is 0 Å². The van der Waals surface area contributed by atoms with Crippen molar-refractivity contribution in [2.24, 2.45) is 12.1 Å².